The molecule has 4 rings (SSSR count). The normalized spacial score (nSPS) is 16.7. The Labute approximate surface area is 170 Å². The molecule has 0 bridgehead atoms. The Bertz CT molecular complexity index is 1190. The molecule has 148 valence electrons. The van der Waals surface area contributed by atoms with E-state index >= 15 is 0 Å². The van der Waals surface area contributed by atoms with Gasteiger partial charge in [0.1, 0.15) is 9.58 Å². The molecule has 3 aromatic rings. The predicted octanol–water partition coefficient (Wildman–Crippen LogP) is 2.00. The van der Waals surface area contributed by atoms with Crippen molar-refractivity contribution >= 4 is 33.5 Å². The Balaban J connectivity index is 1.90. The first-order valence-corrected chi connectivity index (χ1v) is 10.1. The minimum Gasteiger partial charge on any atom is -0.477 e. The molecule has 1 aliphatic heterocycles. The van der Waals surface area contributed by atoms with Crippen LogP contribution in [0.2, 0.25) is 0 Å². The number of nitrogens with two attached hydrogens (primary N) is 1. The van der Waals surface area contributed by atoms with E-state index < -0.39 is 5.97 Å². The Morgan fingerprint density at radius 1 is 1.41 bits per heavy atom. The number of nitrogens with zero attached hydrogens (tertiary/aromatic N) is 4. The second-order valence-electron chi connectivity index (χ2n) is 7.05. The lowest BCUT2D eigenvalue weighted by Gasteiger charge is -2.33. The number of carboxylic acid groups (broad SMARTS) is 1. The largest absolute Gasteiger partial charge is 0.477 e. The summed E-state index contributed by atoms with van der Waals surface area (Å²) in [5.41, 5.74) is 7.38. The fraction of sp³-hybridized carbons (Fsp3) is 0.300. The molecule has 0 saturated carbocycles. The summed E-state index contributed by atoms with van der Waals surface area (Å²) in [6.45, 7) is 1.45. The molecule has 0 amide bonds. The third-order valence-electron chi connectivity index (χ3n) is 5.03. The van der Waals surface area contributed by atoms with Crippen LogP contribution < -0.4 is 16.2 Å². The minimum atomic E-state index is -1.09. The van der Waals surface area contributed by atoms with Gasteiger partial charge in [-0.15, -0.1) is 11.3 Å². The van der Waals surface area contributed by atoms with Gasteiger partial charge in [0.25, 0.3) is 5.56 Å². The molecule has 3 heterocycles. The number of rotatable bonds is 4. The molecule has 0 radical (unpaired) electrons. The highest BCUT2D eigenvalue weighted by molar-refractivity contribution is 7.20. The highest BCUT2D eigenvalue weighted by Crippen LogP contribution is 2.26. The van der Waals surface area contributed by atoms with Gasteiger partial charge in [0.05, 0.1) is 23.7 Å². The molecule has 0 spiro atoms. The van der Waals surface area contributed by atoms with Crippen LogP contribution in [0.4, 0.5) is 5.95 Å². The van der Waals surface area contributed by atoms with E-state index in [0.717, 1.165) is 24.2 Å². The van der Waals surface area contributed by atoms with Crippen molar-refractivity contribution in [1.29, 1.82) is 5.26 Å². The van der Waals surface area contributed by atoms with Crippen LogP contribution in [0.25, 0.3) is 10.2 Å². The first-order chi connectivity index (χ1) is 14.0. The summed E-state index contributed by atoms with van der Waals surface area (Å²) in [5.74, 6) is -0.629. The summed E-state index contributed by atoms with van der Waals surface area (Å²) in [4.78, 5) is 31.4. The number of aromatic carboxylic acids is 1. The van der Waals surface area contributed by atoms with Crippen molar-refractivity contribution in [3.05, 3.63) is 56.7 Å². The summed E-state index contributed by atoms with van der Waals surface area (Å²) < 4.78 is 1.82. The van der Waals surface area contributed by atoms with Gasteiger partial charge in [-0.25, -0.2) is 9.78 Å². The number of benzene rings is 1. The third-order valence-corrected chi connectivity index (χ3v) is 6.13. The maximum absolute atomic E-state index is 13.3. The summed E-state index contributed by atoms with van der Waals surface area (Å²) in [5, 5.41) is 18.7. The highest BCUT2D eigenvalue weighted by Gasteiger charge is 2.24. The van der Waals surface area contributed by atoms with Crippen LogP contribution in [0.5, 0.6) is 0 Å². The Morgan fingerprint density at radius 2 is 2.21 bits per heavy atom. The SMILES string of the molecule is N#Cc1ccccc1Cn1c(N2CCC[C@@H](N)C2)nc2cc(C(=O)O)sc2c1=O. The summed E-state index contributed by atoms with van der Waals surface area (Å²) in [6.07, 6.45) is 1.79. The molecule has 1 fully saturated rings. The van der Waals surface area contributed by atoms with E-state index in [0.29, 0.717) is 40.4 Å². The maximum Gasteiger partial charge on any atom is 0.345 e. The molecular formula is C20H19N5O3S. The monoisotopic (exact) mass is 409 g/mol. The molecule has 2 aromatic heterocycles. The number of fused-ring (bicyclic) bond motifs is 1. The van der Waals surface area contributed by atoms with Gasteiger partial charge in [-0.1, -0.05) is 18.2 Å². The van der Waals surface area contributed by atoms with Crippen molar-refractivity contribution in [2.45, 2.75) is 25.4 Å². The lowest BCUT2D eigenvalue weighted by molar-refractivity contribution is 0.0702. The molecule has 1 saturated heterocycles. The zero-order chi connectivity index (χ0) is 20.5. The molecule has 0 unspecified atom stereocenters. The van der Waals surface area contributed by atoms with E-state index in [4.69, 9.17) is 5.73 Å². The highest BCUT2D eigenvalue weighted by atomic mass is 32.1. The van der Waals surface area contributed by atoms with Crippen LogP contribution in [-0.4, -0.2) is 39.8 Å². The van der Waals surface area contributed by atoms with Crippen LogP contribution in [0.15, 0.2) is 35.1 Å². The van der Waals surface area contributed by atoms with E-state index in [2.05, 4.69) is 11.1 Å². The topological polar surface area (TPSA) is 125 Å². The molecule has 1 atom stereocenters. The minimum absolute atomic E-state index is 0.0201. The first kappa shape index (κ1) is 19.1. The Hall–Kier alpha value is -3.22. The lowest BCUT2D eigenvalue weighted by Crippen LogP contribution is -2.45. The smallest absolute Gasteiger partial charge is 0.345 e. The molecule has 8 nitrogen and oxygen atoms in total. The average Bonchev–Trinajstić information content (AvgIpc) is 3.15. The number of carboxylic acids is 1. The van der Waals surface area contributed by atoms with Gasteiger partial charge in [0.15, 0.2) is 0 Å². The maximum atomic E-state index is 13.3. The molecule has 29 heavy (non-hydrogen) atoms. The van der Waals surface area contributed by atoms with Gasteiger partial charge < -0.3 is 15.7 Å². The van der Waals surface area contributed by atoms with Gasteiger partial charge in [-0.05, 0) is 30.5 Å². The molecule has 9 heteroatoms. The van der Waals surface area contributed by atoms with Crippen molar-refractivity contribution in [2.24, 2.45) is 5.73 Å². The van der Waals surface area contributed by atoms with Crippen molar-refractivity contribution in [1.82, 2.24) is 9.55 Å². The average molecular weight is 409 g/mol. The van der Waals surface area contributed by atoms with Crippen molar-refractivity contribution in [2.75, 3.05) is 18.0 Å². The molecule has 3 N–H and O–H groups in total. The number of carbonyl (C=O) groups is 1. The van der Waals surface area contributed by atoms with E-state index in [1.54, 1.807) is 18.2 Å². The second kappa shape index (κ2) is 7.66. The fourth-order valence-corrected chi connectivity index (χ4v) is 4.50. The summed E-state index contributed by atoms with van der Waals surface area (Å²) in [7, 11) is 0. The summed E-state index contributed by atoms with van der Waals surface area (Å²) >= 11 is 0.919. The Morgan fingerprint density at radius 3 is 2.93 bits per heavy atom. The van der Waals surface area contributed by atoms with Crippen LogP contribution in [0, 0.1) is 11.3 Å². The zero-order valence-electron chi connectivity index (χ0n) is 15.5. The van der Waals surface area contributed by atoms with Crippen LogP contribution >= 0.6 is 11.3 Å². The second-order valence-corrected chi connectivity index (χ2v) is 8.10. The van der Waals surface area contributed by atoms with Gasteiger partial charge in [-0.3, -0.25) is 9.36 Å². The number of aromatic nitrogens is 2. The van der Waals surface area contributed by atoms with Crippen molar-refractivity contribution in [3.8, 4) is 6.07 Å². The summed E-state index contributed by atoms with van der Waals surface area (Å²) in [6, 6.07) is 10.7. The predicted molar refractivity (Wildman–Crippen MR) is 111 cm³/mol. The fourth-order valence-electron chi connectivity index (χ4n) is 3.62. The molecular weight excluding hydrogens is 390 g/mol. The number of hydrogen-bond donors (Lipinski definition) is 2. The van der Waals surface area contributed by atoms with Crippen molar-refractivity contribution < 1.29 is 9.90 Å². The number of nitriles is 1. The zero-order valence-corrected chi connectivity index (χ0v) is 16.4. The van der Waals surface area contributed by atoms with Crippen LogP contribution in [0.3, 0.4) is 0 Å². The van der Waals surface area contributed by atoms with Crippen LogP contribution in [0.1, 0.15) is 33.6 Å². The third kappa shape index (κ3) is 3.60. The van der Waals surface area contributed by atoms with Gasteiger partial charge >= 0.3 is 5.97 Å². The van der Waals surface area contributed by atoms with E-state index in [-0.39, 0.29) is 23.0 Å². The standard InChI is InChI=1S/C20H19N5O3S/c21-9-12-4-1-2-5-13(12)10-25-18(26)17-15(8-16(29-17)19(27)28)23-20(25)24-7-3-6-14(22)11-24/h1-2,4-5,8,14H,3,6-7,10-11,22H2,(H,27,28)/t14-/m1/s1. The number of anilines is 1. The van der Waals surface area contributed by atoms with Crippen molar-refractivity contribution in [3.63, 3.8) is 0 Å². The molecule has 1 aromatic carbocycles. The van der Waals surface area contributed by atoms with E-state index in [1.165, 1.54) is 10.6 Å². The van der Waals surface area contributed by atoms with E-state index in [9.17, 15) is 20.0 Å². The first-order valence-electron chi connectivity index (χ1n) is 9.24. The van der Waals surface area contributed by atoms with Gasteiger partial charge in [0, 0.05) is 19.1 Å². The lowest BCUT2D eigenvalue weighted by atomic mass is 10.1. The molecule has 1 aliphatic rings. The van der Waals surface area contributed by atoms with Gasteiger partial charge in [0.2, 0.25) is 5.95 Å². The Kier molecular flexibility index (Phi) is 5.05. The quantitative estimate of drug-likeness (QED) is 0.675. The van der Waals surface area contributed by atoms with E-state index in [1.807, 2.05) is 11.0 Å². The van der Waals surface area contributed by atoms with Crippen LogP contribution in [-0.2, 0) is 6.54 Å². The number of hydrogen-bond acceptors (Lipinski definition) is 7. The number of piperidine rings is 1. The number of thiophene rings is 1. The molecule has 0 aliphatic carbocycles. The van der Waals surface area contributed by atoms with Gasteiger partial charge in [-0.2, -0.15) is 5.26 Å².